The van der Waals surface area contributed by atoms with Gasteiger partial charge < -0.3 is 9.69 Å². The molecule has 0 aliphatic rings. The number of aldehydes is 1. The van der Waals surface area contributed by atoms with Crippen molar-refractivity contribution in [3.8, 4) is 0 Å². The number of carbonyl (C=O) groups is 1. The van der Waals surface area contributed by atoms with Crippen molar-refractivity contribution >= 4 is 17.7 Å². The van der Waals surface area contributed by atoms with Crippen LogP contribution in [-0.4, -0.2) is 24.8 Å². The first kappa shape index (κ1) is 12.2. The Morgan fingerprint density at radius 2 is 2.19 bits per heavy atom. The van der Waals surface area contributed by atoms with Crippen LogP contribution in [0, 0.1) is 10.1 Å². The van der Waals surface area contributed by atoms with E-state index >= 15 is 0 Å². The van der Waals surface area contributed by atoms with Crippen LogP contribution in [0.25, 0.3) is 0 Å². The molecular formula is C11H14N2O3. The fraction of sp³-hybridized carbons (Fsp3) is 0.364. The summed E-state index contributed by atoms with van der Waals surface area (Å²) in [5.74, 6) is 0. The molecule has 0 amide bonds. The Bertz CT molecular complexity index is 404. The van der Waals surface area contributed by atoms with Gasteiger partial charge in [-0.15, -0.1) is 0 Å². The van der Waals surface area contributed by atoms with Crippen LogP contribution in [0.4, 0.5) is 11.4 Å². The second kappa shape index (κ2) is 5.25. The highest BCUT2D eigenvalue weighted by Crippen LogP contribution is 2.24. The van der Waals surface area contributed by atoms with Gasteiger partial charge in [-0.1, -0.05) is 0 Å². The SMILES string of the molecule is CCN(C)c1ccc([N+](=O)[O-])cc1CC=O. The largest absolute Gasteiger partial charge is 0.375 e. The van der Waals surface area contributed by atoms with Crippen molar-refractivity contribution in [2.75, 3.05) is 18.5 Å². The Kier molecular flexibility index (Phi) is 3.99. The molecule has 86 valence electrons. The molecule has 0 unspecified atom stereocenters. The van der Waals surface area contributed by atoms with Crippen LogP contribution in [0.3, 0.4) is 0 Å². The Labute approximate surface area is 93.8 Å². The fourth-order valence-electron chi connectivity index (χ4n) is 1.48. The Morgan fingerprint density at radius 3 is 2.69 bits per heavy atom. The van der Waals surface area contributed by atoms with E-state index in [9.17, 15) is 14.9 Å². The van der Waals surface area contributed by atoms with Gasteiger partial charge in [0.25, 0.3) is 5.69 Å². The number of benzene rings is 1. The van der Waals surface area contributed by atoms with Gasteiger partial charge in [-0.05, 0) is 18.6 Å². The lowest BCUT2D eigenvalue weighted by Gasteiger charge is -2.19. The summed E-state index contributed by atoms with van der Waals surface area (Å²) in [7, 11) is 1.88. The van der Waals surface area contributed by atoms with Crippen LogP contribution in [0.5, 0.6) is 0 Å². The topological polar surface area (TPSA) is 63.4 Å². The van der Waals surface area contributed by atoms with Crippen molar-refractivity contribution in [3.63, 3.8) is 0 Å². The van der Waals surface area contributed by atoms with E-state index in [0.717, 1.165) is 18.5 Å². The number of hydrogen-bond donors (Lipinski definition) is 0. The molecule has 1 aromatic rings. The molecule has 1 rings (SSSR count). The molecule has 0 spiro atoms. The zero-order valence-corrected chi connectivity index (χ0v) is 9.34. The molecule has 0 N–H and O–H groups in total. The molecule has 0 fully saturated rings. The number of anilines is 1. The number of nitrogens with zero attached hydrogens (tertiary/aromatic N) is 2. The van der Waals surface area contributed by atoms with Crippen molar-refractivity contribution < 1.29 is 9.72 Å². The first-order chi connectivity index (χ1) is 7.60. The fourth-order valence-corrected chi connectivity index (χ4v) is 1.48. The van der Waals surface area contributed by atoms with Crippen molar-refractivity contribution in [1.29, 1.82) is 0 Å². The van der Waals surface area contributed by atoms with Crippen LogP contribution >= 0.6 is 0 Å². The maximum absolute atomic E-state index is 10.6. The van der Waals surface area contributed by atoms with E-state index in [-0.39, 0.29) is 12.1 Å². The number of hydrogen-bond acceptors (Lipinski definition) is 4. The summed E-state index contributed by atoms with van der Waals surface area (Å²) in [4.78, 5) is 22.6. The molecule has 0 saturated carbocycles. The number of carbonyl (C=O) groups excluding carboxylic acids is 1. The molecule has 16 heavy (non-hydrogen) atoms. The summed E-state index contributed by atoms with van der Waals surface area (Å²) in [5.41, 5.74) is 1.57. The predicted octanol–water partition coefficient (Wildman–Crippen LogP) is 1.79. The van der Waals surface area contributed by atoms with E-state index in [1.807, 2.05) is 18.9 Å². The summed E-state index contributed by atoms with van der Waals surface area (Å²) in [6.07, 6.45) is 0.952. The van der Waals surface area contributed by atoms with Gasteiger partial charge in [0.15, 0.2) is 0 Å². The molecule has 1 aromatic carbocycles. The van der Waals surface area contributed by atoms with Crippen LogP contribution in [0.2, 0.25) is 0 Å². The Balaban J connectivity index is 3.18. The molecule has 0 heterocycles. The maximum atomic E-state index is 10.6. The Hall–Kier alpha value is -1.91. The highest BCUT2D eigenvalue weighted by molar-refractivity contribution is 5.65. The van der Waals surface area contributed by atoms with E-state index in [2.05, 4.69) is 0 Å². The molecule has 0 saturated heterocycles. The molecule has 0 aliphatic carbocycles. The van der Waals surface area contributed by atoms with Crippen LogP contribution in [-0.2, 0) is 11.2 Å². The van der Waals surface area contributed by atoms with Crippen LogP contribution in [0.1, 0.15) is 12.5 Å². The second-order valence-corrected chi connectivity index (χ2v) is 3.46. The van der Waals surface area contributed by atoms with Gasteiger partial charge in [-0.3, -0.25) is 10.1 Å². The standard InChI is InChI=1S/C11H14N2O3/c1-3-12(2)11-5-4-10(13(15)16)8-9(11)6-7-14/h4-5,7-8H,3,6H2,1-2H3. The minimum absolute atomic E-state index is 0.0186. The normalized spacial score (nSPS) is 9.88. The van der Waals surface area contributed by atoms with Gasteiger partial charge in [0.1, 0.15) is 6.29 Å². The quantitative estimate of drug-likeness (QED) is 0.433. The smallest absolute Gasteiger partial charge is 0.269 e. The van der Waals surface area contributed by atoms with Crippen molar-refractivity contribution in [2.24, 2.45) is 0 Å². The van der Waals surface area contributed by atoms with E-state index in [0.29, 0.717) is 5.56 Å². The highest BCUT2D eigenvalue weighted by atomic mass is 16.6. The average molecular weight is 222 g/mol. The first-order valence-corrected chi connectivity index (χ1v) is 5.02. The summed E-state index contributed by atoms with van der Waals surface area (Å²) >= 11 is 0. The number of non-ortho nitro benzene ring substituents is 1. The minimum Gasteiger partial charge on any atom is -0.375 e. The van der Waals surface area contributed by atoms with E-state index in [1.165, 1.54) is 12.1 Å². The number of nitro benzene ring substituents is 1. The monoisotopic (exact) mass is 222 g/mol. The molecule has 0 aromatic heterocycles. The van der Waals surface area contributed by atoms with E-state index in [1.54, 1.807) is 6.07 Å². The summed E-state index contributed by atoms with van der Waals surface area (Å²) in [6, 6.07) is 4.59. The van der Waals surface area contributed by atoms with Crippen LogP contribution < -0.4 is 4.90 Å². The molecule has 5 heteroatoms. The predicted molar refractivity (Wildman–Crippen MR) is 61.8 cm³/mol. The minimum atomic E-state index is -0.454. The van der Waals surface area contributed by atoms with Gasteiger partial charge in [0.2, 0.25) is 0 Å². The van der Waals surface area contributed by atoms with Gasteiger partial charge in [0.05, 0.1) is 4.92 Å². The van der Waals surface area contributed by atoms with E-state index in [4.69, 9.17) is 0 Å². The van der Waals surface area contributed by atoms with Gasteiger partial charge >= 0.3 is 0 Å². The molecule has 0 aliphatic heterocycles. The van der Waals surface area contributed by atoms with Gasteiger partial charge in [-0.25, -0.2) is 0 Å². The third kappa shape index (κ3) is 2.56. The first-order valence-electron chi connectivity index (χ1n) is 5.02. The molecule has 0 radical (unpaired) electrons. The molecule has 5 nitrogen and oxygen atoms in total. The van der Waals surface area contributed by atoms with Crippen molar-refractivity contribution in [3.05, 3.63) is 33.9 Å². The van der Waals surface area contributed by atoms with Gasteiger partial charge in [-0.2, -0.15) is 0 Å². The summed E-state index contributed by atoms with van der Waals surface area (Å²) in [6.45, 7) is 2.76. The second-order valence-electron chi connectivity index (χ2n) is 3.46. The molecular weight excluding hydrogens is 208 g/mol. The average Bonchev–Trinajstić information content (AvgIpc) is 2.28. The molecule has 0 bridgehead atoms. The van der Waals surface area contributed by atoms with Gasteiger partial charge in [0, 0.05) is 37.8 Å². The number of rotatable bonds is 5. The molecule has 0 atom stereocenters. The van der Waals surface area contributed by atoms with Crippen molar-refractivity contribution in [2.45, 2.75) is 13.3 Å². The summed E-state index contributed by atoms with van der Waals surface area (Å²) in [5, 5.41) is 10.6. The lowest BCUT2D eigenvalue weighted by atomic mass is 10.1. The lowest BCUT2D eigenvalue weighted by molar-refractivity contribution is -0.384. The zero-order valence-electron chi connectivity index (χ0n) is 9.34. The third-order valence-electron chi connectivity index (χ3n) is 2.46. The third-order valence-corrected chi connectivity index (χ3v) is 2.46. The highest BCUT2D eigenvalue weighted by Gasteiger charge is 2.12. The maximum Gasteiger partial charge on any atom is 0.269 e. The van der Waals surface area contributed by atoms with E-state index < -0.39 is 4.92 Å². The Morgan fingerprint density at radius 1 is 1.50 bits per heavy atom. The lowest BCUT2D eigenvalue weighted by Crippen LogP contribution is -2.17. The summed E-state index contributed by atoms with van der Waals surface area (Å²) < 4.78 is 0. The van der Waals surface area contributed by atoms with Crippen molar-refractivity contribution in [1.82, 2.24) is 0 Å². The zero-order chi connectivity index (χ0) is 12.1. The number of nitro groups is 1. The van der Waals surface area contributed by atoms with Crippen LogP contribution in [0.15, 0.2) is 18.2 Å².